The SMILES string of the molecule is COON(C)/C=C\c1ccc(N)cc1.N=Cc1ccncc1. The molecule has 6 nitrogen and oxygen atoms in total. The smallest absolute Gasteiger partial charge is 0.0738 e. The summed E-state index contributed by atoms with van der Waals surface area (Å²) >= 11 is 0. The number of rotatable bonds is 5. The van der Waals surface area contributed by atoms with Crippen molar-refractivity contribution in [3.05, 3.63) is 66.1 Å². The molecule has 0 saturated heterocycles. The number of nitrogens with one attached hydrogen (secondary N) is 1. The van der Waals surface area contributed by atoms with Gasteiger partial charge in [-0.15, -0.1) is 4.99 Å². The molecule has 0 bridgehead atoms. The molecule has 1 aromatic heterocycles. The fourth-order valence-electron chi connectivity index (χ4n) is 1.40. The summed E-state index contributed by atoms with van der Waals surface area (Å²) in [4.78, 5) is 13.0. The van der Waals surface area contributed by atoms with Gasteiger partial charge in [-0.25, -0.2) is 9.95 Å². The molecule has 2 aromatic rings. The van der Waals surface area contributed by atoms with E-state index in [1.165, 1.54) is 18.4 Å². The van der Waals surface area contributed by atoms with Gasteiger partial charge >= 0.3 is 0 Å². The van der Waals surface area contributed by atoms with Crippen molar-refractivity contribution in [2.75, 3.05) is 19.9 Å². The lowest BCUT2D eigenvalue weighted by Gasteiger charge is -2.09. The molecule has 1 aromatic carbocycles. The van der Waals surface area contributed by atoms with Crippen molar-refractivity contribution < 1.29 is 9.88 Å². The van der Waals surface area contributed by atoms with Crippen molar-refractivity contribution in [1.82, 2.24) is 10.0 Å². The highest BCUT2D eigenvalue weighted by Gasteiger charge is 1.90. The minimum absolute atomic E-state index is 0.753. The second kappa shape index (κ2) is 10.1. The molecule has 0 fully saturated rings. The molecule has 22 heavy (non-hydrogen) atoms. The third kappa shape index (κ3) is 7.18. The van der Waals surface area contributed by atoms with E-state index in [0.29, 0.717) is 0 Å². The fourth-order valence-corrected chi connectivity index (χ4v) is 1.40. The maximum absolute atomic E-state index is 6.79. The van der Waals surface area contributed by atoms with Crippen LogP contribution in [0.1, 0.15) is 11.1 Å². The lowest BCUT2D eigenvalue weighted by atomic mass is 10.2. The van der Waals surface area contributed by atoms with Crippen molar-refractivity contribution in [2.24, 2.45) is 0 Å². The third-order valence-electron chi connectivity index (χ3n) is 2.48. The van der Waals surface area contributed by atoms with Crippen LogP contribution >= 0.6 is 0 Å². The van der Waals surface area contributed by atoms with E-state index in [9.17, 15) is 0 Å². The summed E-state index contributed by atoms with van der Waals surface area (Å²) in [7, 11) is 3.19. The highest BCUT2D eigenvalue weighted by molar-refractivity contribution is 5.76. The number of hydrogen-bond acceptors (Lipinski definition) is 6. The molecule has 0 atom stereocenters. The molecule has 0 spiro atoms. The van der Waals surface area contributed by atoms with Gasteiger partial charge in [0.05, 0.1) is 7.11 Å². The van der Waals surface area contributed by atoms with E-state index in [1.54, 1.807) is 37.8 Å². The van der Waals surface area contributed by atoms with Crippen LogP contribution in [0.15, 0.2) is 55.0 Å². The summed E-state index contributed by atoms with van der Waals surface area (Å²) in [5.74, 6) is 0. The molecule has 0 radical (unpaired) electrons. The molecule has 6 heteroatoms. The van der Waals surface area contributed by atoms with Crippen molar-refractivity contribution in [3.8, 4) is 0 Å². The van der Waals surface area contributed by atoms with Gasteiger partial charge in [0, 0.05) is 37.5 Å². The average Bonchev–Trinajstić information content (AvgIpc) is 2.56. The summed E-state index contributed by atoms with van der Waals surface area (Å²) < 4.78 is 0. The van der Waals surface area contributed by atoms with E-state index < -0.39 is 0 Å². The number of nitrogens with two attached hydrogens (primary N) is 1. The molecule has 116 valence electrons. The number of benzene rings is 1. The Labute approximate surface area is 130 Å². The Morgan fingerprint density at radius 2 is 1.73 bits per heavy atom. The Kier molecular flexibility index (Phi) is 7.96. The quantitative estimate of drug-likeness (QED) is 0.384. The number of hydroxylamine groups is 2. The average molecular weight is 300 g/mol. The van der Waals surface area contributed by atoms with Crippen LogP contribution < -0.4 is 5.73 Å². The highest BCUT2D eigenvalue weighted by atomic mass is 17.3. The highest BCUT2D eigenvalue weighted by Crippen LogP contribution is 2.07. The van der Waals surface area contributed by atoms with Crippen LogP contribution in [0, 0.1) is 5.41 Å². The summed E-state index contributed by atoms with van der Waals surface area (Å²) in [5, 5.41) is 8.25. The summed E-state index contributed by atoms with van der Waals surface area (Å²) in [5.41, 5.74) is 8.24. The molecular weight excluding hydrogens is 280 g/mol. The Morgan fingerprint density at radius 3 is 2.23 bits per heavy atom. The lowest BCUT2D eigenvalue weighted by molar-refractivity contribution is -0.388. The first-order valence-corrected chi connectivity index (χ1v) is 6.53. The number of hydrogen-bond donors (Lipinski definition) is 2. The van der Waals surface area contributed by atoms with Gasteiger partial charge in [0.15, 0.2) is 0 Å². The number of pyridine rings is 1. The van der Waals surface area contributed by atoms with Gasteiger partial charge in [-0.2, -0.15) is 0 Å². The second-order valence-electron chi connectivity index (χ2n) is 4.19. The van der Waals surface area contributed by atoms with Crippen LogP contribution in [-0.4, -0.2) is 30.4 Å². The number of nitrogens with zero attached hydrogens (tertiary/aromatic N) is 2. The van der Waals surface area contributed by atoms with E-state index in [0.717, 1.165) is 16.8 Å². The molecule has 3 N–H and O–H groups in total. The van der Waals surface area contributed by atoms with Crippen molar-refractivity contribution in [3.63, 3.8) is 0 Å². The van der Waals surface area contributed by atoms with Gasteiger partial charge in [-0.05, 0) is 41.5 Å². The normalized spacial score (nSPS) is 9.91. The fraction of sp³-hybridized carbons (Fsp3) is 0.125. The van der Waals surface area contributed by atoms with E-state index in [-0.39, 0.29) is 0 Å². The maximum atomic E-state index is 6.79. The van der Waals surface area contributed by atoms with Crippen molar-refractivity contribution in [1.29, 1.82) is 5.41 Å². The topological polar surface area (TPSA) is 84.5 Å². The maximum Gasteiger partial charge on any atom is 0.0738 e. The van der Waals surface area contributed by atoms with Gasteiger partial charge in [0.1, 0.15) is 0 Å². The number of aromatic nitrogens is 1. The van der Waals surface area contributed by atoms with E-state index in [1.807, 2.05) is 30.3 Å². The lowest BCUT2D eigenvalue weighted by Crippen LogP contribution is -2.09. The molecule has 2 rings (SSSR count). The van der Waals surface area contributed by atoms with E-state index in [4.69, 9.17) is 16.1 Å². The molecule has 0 aliphatic carbocycles. The van der Waals surface area contributed by atoms with E-state index >= 15 is 0 Å². The first-order chi connectivity index (χ1) is 10.7. The first-order valence-electron chi connectivity index (χ1n) is 6.53. The minimum Gasteiger partial charge on any atom is -0.399 e. The van der Waals surface area contributed by atoms with Crippen molar-refractivity contribution >= 4 is 18.0 Å². The van der Waals surface area contributed by atoms with Gasteiger partial charge in [-0.3, -0.25) is 4.98 Å². The Hall–Kier alpha value is -2.70. The molecule has 1 heterocycles. The largest absolute Gasteiger partial charge is 0.399 e. The van der Waals surface area contributed by atoms with Gasteiger partial charge in [0.25, 0.3) is 0 Å². The monoisotopic (exact) mass is 300 g/mol. The molecule has 0 aliphatic rings. The minimum atomic E-state index is 0.753. The predicted molar refractivity (Wildman–Crippen MR) is 87.9 cm³/mol. The Bertz CT molecular complexity index is 570. The van der Waals surface area contributed by atoms with Gasteiger partial charge < -0.3 is 11.1 Å². The van der Waals surface area contributed by atoms with Crippen LogP contribution in [0.4, 0.5) is 5.69 Å². The number of anilines is 1. The van der Waals surface area contributed by atoms with Crippen LogP contribution in [0.5, 0.6) is 0 Å². The summed E-state index contributed by atoms with van der Waals surface area (Å²) in [6.45, 7) is 0. The van der Waals surface area contributed by atoms with Crippen LogP contribution in [-0.2, 0) is 9.88 Å². The van der Waals surface area contributed by atoms with Crippen molar-refractivity contribution in [2.45, 2.75) is 0 Å². The van der Waals surface area contributed by atoms with Crippen LogP contribution in [0.2, 0.25) is 0 Å². The standard InChI is InChI=1S/C10H14N2O2.C6H6N2/c1-12(14-13-2)8-7-9-3-5-10(11)6-4-9;7-5-6-1-3-8-4-2-6/h3-8H,11H2,1-2H3;1-5,7H/b8-7-;. The first kappa shape index (κ1) is 17.4. The number of nitrogen functional groups attached to an aromatic ring is 1. The summed E-state index contributed by atoms with van der Waals surface area (Å²) in [6, 6.07) is 11.1. The summed E-state index contributed by atoms with van der Waals surface area (Å²) in [6.07, 6.45) is 8.26. The Balaban J connectivity index is 0.000000255. The zero-order chi connectivity index (χ0) is 16.2. The molecule has 0 amide bonds. The third-order valence-corrected chi connectivity index (χ3v) is 2.48. The van der Waals surface area contributed by atoms with Crippen LogP contribution in [0.25, 0.3) is 6.08 Å². The van der Waals surface area contributed by atoms with E-state index in [2.05, 4.69) is 9.87 Å². The van der Waals surface area contributed by atoms with Gasteiger partial charge in [0.2, 0.25) is 0 Å². The Morgan fingerprint density at radius 1 is 1.09 bits per heavy atom. The molecule has 0 saturated carbocycles. The van der Waals surface area contributed by atoms with Gasteiger partial charge in [-0.1, -0.05) is 12.1 Å². The zero-order valence-electron chi connectivity index (χ0n) is 12.6. The predicted octanol–water partition coefficient (Wildman–Crippen LogP) is 2.74. The zero-order valence-corrected chi connectivity index (χ0v) is 12.6. The molecular formula is C16H20N4O2. The molecule has 0 aliphatic heterocycles. The molecule has 0 unspecified atom stereocenters. The second-order valence-corrected chi connectivity index (χ2v) is 4.19. The van der Waals surface area contributed by atoms with Crippen LogP contribution in [0.3, 0.4) is 0 Å².